The summed E-state index contributed by atoms with van der Waals surface area (Å²) in [5.41, 5.74) is 5.76. The van der Waals surface area contributed by atoms with Crippen LogP contribution < -0.4 is 16.4 Å². The van der Waals surface area contributed by atoms with E-state index in [1.165, 1.54) is 24.2 Å². The molecule has 0 aromatic carbocycles. The topological polar surface area (TPSA) is 80.0 Å². The Morgan fingerprint density at radius 2 is 2.24 bits per heavy atom. The van der Waals surface area contributed by atoms with Crippen LogP contribution in [0, 0.1) is 0 Å². The van der Waals surface area contributed by atoms with Gasteiger partial charge in [0.2, 0.25) is 0 Å². The summed E-state index contributed by atoms with van der Waals surface area (Å²) in [6.45, 7) is 2.05. The Hall–Kier alpha value is -1.30. The average Bonchev–Trinajstić information content (AvgIpc) is 3.13. The summed E-state index contributed by atoms with van der Waals surface area (Å²) < 4.78 is 0. The van der Waals surface area contributed by atoms with Crippen molar-refractivity contribution < 1.29 is 4.79 Å². The third-order valence-electron chi connectivity index (χ3n) is 3.18. The van der Waals surface area contributed by atoms with E-state index in [9.17, 15) is 4.79 Å². The quantitative estimate of drug-likeness (QED) is 0.760. The smallest absolute Gasteiger partial charge is 0.265 e. The standard InChI is InChI=1S/C11H16N4OS/c1-11(4-5-11)15-9(16)7-8(12)14-10(17-7)13-6-2-3-6/h6H,2-5,12H2,1H3,(H,13,14)(H,15,16). The van der Waals surface area contributed by atoms with Gasteiger partial charge in [0.25, 0.3) is 5.91 Å². The van der Waals surface area contributed by atoms with Crippen LogP contribution in [0.4, 0.5) is 10.9 Å². The van der Waals surface area contributed by atoms with Crippen LogP contribution in [0.2, 0.25) is 0 Å². The normalized spacial score (nSPS) is 21.0. The summed E-state index contributed by atoms with van der Waals surface area (Å²) in [6.07, 6.45) is 4.45. The zero-order valence-electron chi connectivity index (χ0n) is 9.75. The third kappa shape index (κ3) is 2.36. The van der Waals surface area contributed by atoms with Crippen LogP contribution in [-0.4, -0.2) is 22.5 Å². The van der Waals surface area contributed by atoms with Crippen molar-refractivity contribution in [3.8, 4) is 0 Å². The highest BCUT2D eigenvalue weighted by Crippen LogP contribution is 2.36. The van der Waals surface area contributed by atoms with Gasteiger partial charge in [-0.2, -0.15) is 0 Å². The van der Waals surface area contributed by atoms with Crippen LogP contribution in [0.15, 0.2) is 0 Å². The van der Waals surface area contributed by atoms with E-state index in [4.69, 9.17) is 5.73 Å². The van der Waals surface area contributed by atoms with Crippen LogP contribution in [0.5, 0.6) is 0 Å². The summed E-state index contributed by atoms with van der Waals surface area (Å²) in [4.78, 5) is 16.7. The van der Waals surface area contributed by atoms with Crippen LogP contribution >= 0.6 is 11.3 Å². The molecule has 1 aromatic rings. The van der Waals surface area contributed by atoms with Gasteiger partial charge in [-0.15, -0.1) is 0 Å². The molecule has 1 heterocycles. The number of nitrogen functional groups attached to an aromatic ring is 1. The van der Waals surface area contributed by atoms with Crippen molar-refractivity contribution in [2.24, 2.45) is 0 Å². The Labute approximate surface area is 104 Å². The number of carbonyl (C=O) groups excluding carboxylic acids is 1. The number of nitrogens with zero attached hydrogens (tertiary/aromatic N) is 1. The monoisotopic (exact) mass is 252 g/mol. The van der Waals surface area contributed by atoms with Crippen LogP contribution in [0.1, 0.15) is 42.3 Å². The molecule has 1 amide bonds. The minimum absolute atomic E-state index is 0.0163. The molecular weight excluding hydrogens is 236 g/mol. The first-order chi connectivity index (χ1) is 8.06. The molecule has 2 aliphatic carbocycles. The molecule has 5 nitrogen and oxygen atoms in total. The lowest BCUT2D eigenvalue weighted by Gasteiger charge is -2.09. The number of nitrogens with two attached hydrogens (primary N) is 1. The first kappa shape index (κ1) is 10.8. The van der Waals surface area contributed by atoms with Crippen molar-refractivity contribution in [3.05, 3.63) is 4.88 Å². The molecule has 0 radical (unpaired) electrons. The summed E-state index contributed by atoms with van der Waals surface area (Å²) in [6, 6.07) is 0.525. The van der Waals surface area contributed by atoms with Crippen molar-refractivity contribution in [3.63, 3.8) is 0 Å². The van der Waals surface area contributed by atoms with E-state index < -0.39 is 0 Å². The summed E-state index contributed by atoms with van der Waals surface area (Å²) >= 11 is 1.35. The highest BCUT2D eigenvalue weighted by atomic mass is 32.1. The number of amides is 1. The molecule has 92 valence electrons. The van der Waals surface area contributed by atoms with Crippen molar-refractivity contribution in [2.45, 2.75) is 44.2 Å². The van der Waals surface area contributed by atoms with E-state index in [1.54, 1.807) is 0 Å². The van der Waals surface area contributed by atoms with Gasteiger partial charge in [0.15, 0.2) is 5.13 Å². The number of nitrogens with one attached hydrogen (secondary N) is 2. The van der Waals surface area contributed by atoms with Gasteiger partial charge in [-0.05, 0) is 32.6 Å². The minimum atomic E-state index is -0.0937. The van der Waals surface area contributed by atoms with Crippen LogP contribution in [0.25, 0.3) is 0 Å². The van der Waals surface area contributed by atoms with E-state index in [2.05, 4.69) is 15.6 Å². The lowest BCUT2D eigenvalue weighted by molar-refractivity contribution is 0.0940. The molecule has 0 atom stereocenters. The van der Waals surface area contributed by atoms with Crippen LogP contribution in [-0.2, 0) is 0 Å². The van der Waals surface area contributed by atoms with Crippen molar-refractivity contribution in [1.82, 2.24) is 10.3 Å². The van der Waals surface area contributed by atoms with Crippen molar-refractivity contribution in [2.75, 3.05) is 11.1 Å². The number of carbonyl (C=O) groups is 1. The second-order valence-electron chi connectivity index (χ2n) is 5.17. The van der Waals surface area contributed by atoms with Gasteiger partial charge in [0, 0.05) is 11.6 Å². The Balaban J connectivity index is 1.72. The second kappa shape index (κ2) is 3.60. The Bertz CT molecular complexity index is 462. The number of hydrogen-bond donors (Lipinski definition) is 3. The first-order valence-electron chi connectivity index (χ1n) is 5.91. The zero-order chi connectivity index (χ0) is 12.0. The minimum Gasteiger partial charge on any atom is -0.382 e. The van der Waals surface area contributed by atoms with E-state index in [-0.39, 0.29) is 11.4 Å². The largest absolute Gasteiger partial charge is 0.382 e. The molecule has 3 rings (SSSR count). The van der Waals surface area contributed by atoms with Gasteiger partial charge in [0.1, 0.15) is 10.7 Å². The van der Waals surface area contributed by atoms with Gasteiger partial charge in [-0.3, -0.25) is 4.79 Å². The maximum atomic E-state index is 12.0. The van der Waals surface area contributed by atoms with E-state index in [1.807, 2.05) is 6.92 Å². The first-order valence-corrected chi connectivity index (χ1v) is 6.73. The Morgan fingerprint density at radius 3 is 2.82 bits per heavy atom. The molecular formula is C11H16N4OS. The molecule has 0 bridgehead atoms. The molecule has 0 unspecified atom stereocenters. The number of hydrogen-bond acceptors (Lipinski definition) is 5. The van der Waals surface area contributed by atoms with Crippen LogP contribution in [0.3, 0.4) is 0 Å². The number of rotatable bonds is 4. The Kier molecular flexibility index (Phi) is 2.29. The predicted octanol–water partition coefficient (Wildman–Crippen LogP) is 1.58. The number of aromatic nitrogens is 1. The lowest BCUT2D eigenvalue weighted by atomic mass is 10.3. The predicted molar refractivity (Wildman–Crippen MR) is 68.3 cm³/mol. The highest BCUT2D eigenvalue weighted by Gasteiger charge is 2.39. The summed E-state index contributed by atoms with van der Waals surface area (Å²) in [5, 5.41) is 7.01. The molecule has 17 heavy (non-hydrogen) atoms. The molecule has 2 saturated carbocycles. The molecule has 6 heteroatoms. The fraction of sp³-hybridized carbons (Fsp3) is 0.636. The maximum absolute atomic E-state index is 12.0. The second-order valence-corrected chi connectivity index (χ2v) is 6.17. The molecule has 4 N–H and O–H groups in total. The SMILES string of the molecule is CC1(NC(=O)c2sc(NC3CC3)nc2N)CC1. The lowest BCUT2D eigenvalue weighted by Crippen LogP contribution is -2.34. The van der Waals surface area contributed by atoms with E-state index in [0.717, 1.165) is 18.0 Å². The van der Waals surface area contributed by atoms with Gasteiger partial charge in [-0.1, -0.05) is 11.3 Å². The van der Waals surface area contributed by atoms with Gasteiger partial charge in [0.05, 0.1) is 0 Å². The summed E-state index contributed by atoms with van der Waals surface area (Å²) in [5.74, 6) is 0.240. The third-order valence-corrected chi connectivity index (χ3v) is 4.18. The highest BCUT2D eigenvalue weighted by molar-refractivity contribution is 7.18. The number of thiazole rings is 1. The van der Waals surface area contributed by atoms with Crippen molar-refractivity contribution >= 4 is 28.2 Å². The molecule has 0 saturated heterocycles. The Morgan fingerprint density at radius 1 is 1.53 bits per heavy atom. The van der Waals surface area contributed by atoms with Gasteiger partial charge < -0.3 is 16.4 Å². The van der Waals surface area contributed by atoms with Gasteiger partial charge in [-0.25, -0.2) is 4.98 Å². The van der Waals surface area contributed by atoms with Crippen molar-refractivity contribution in [1.29, 1.82) is 0 Å². The maximum Gasteiger partial charge on any atom is 0.265 e. The molecule has 2 fully saturated rings. The molecule has 2 aliphatic rings. The van der Waals surface area contributed by atoms with E-state index >= 15 is 0 Å². The van der Waals surface area contributed by atoms with E-state index in [0.29, 0.717) is 16.7 Å². The fourth-order valence-electron chi connectivity index (χ4n) is 1.60. The summed E-state index contributed by atoms with van der Waals surface area (Å²) in [7, 11) is 0. The fourth-order valence-corrected chi connectivity index (χ4v) is 2.46. The van der Waals surface area contributed by atoms with Gasteiger partial charge >= 0.3 is 0 Å². The molecule has 0 aliphatic heterocycles. The average molecular weight is 252 g/mol. The molecule has 0 spiro atoms. The zero-order valence-corrected chi connectivity index (χ0v) is 10.6. The molecule has 1 aromatic heterocycles. The number of anilines is 2.